The fourth-order valence-corrected chi connectivity index (χ4v) is 5.85. The summed E-state index contributed by atoms with van der Waals surface area (Å²) in [6, 6.07) is 21.2. The zero-order valence-corrected chi connectivity index (χ0v) is 20.4. The van der Waals surface area contributed by atoms with Crippen molar-refractivity contribution < 1.29 is 0 Å². The first-order chi connectivity index (χ1) is 16.1. The van der Waals surface area contributed by atoms with Crippen LogP contribution in [0.25, 0.3) is 16.0 Å². The summed E-state index contributed by atoms with van der Waals surface area (Å²) in [7, 11) is 0. The van der Waals surface area contributed by atoms with E-state index in [4.69, 9.17) is 28.8 Å². The van der Waals surface area contributed by atoms with Gasteiger partial charge in [-0.2, -0.15) is 0 Å². The molecule has 0 amide bonds. The molecule has 9 heteroatoms. The van der Waals surface area contributed by atoms with Crippen LogP contribution < -0.4 is 5.56 Å². The van der Waals surface area contributed by atoms with Crippen molar-refractivity contribution in [2.75, 3.05) is 0 Å². The lowest BCUT2D eigenvalue weighted by molar-refractivity contribution is 0.773. The first-order valence-corrected chi connectivity index (χ1v) is 12.7. The summed E-state index contributed by atoms with van der Waals surface area (Å²) in [6.07, 6.45) is 3.51. The van der Waals surface area contributed by atoms with Gasteiger partial charge in [0, 0.05) is 23.2 Å². The third kappa shape index (κ3) is 4.65. The number of pyridine rings is 1. The Hall–Kier alpha value is -2.78. The SMILES string of the molecule is O=c1c2sc(=S)n(Cc3ccccc3)c2nc(SCc2ccncc2)n1-c1cccc(Cl)c1. The van der Waals surface area contributed by atoms with Gasteiger partial charge in [-0.3, -0.25) is 14.3 Å². The van der Waals surface area contributed by atoms with Crippen molar-refractivity contribution in [3.8, 4) is 5.69 Å². The lowest BCUT2D eigenvalue weighted by Crippen LogP contribution is -2.21. The monoisotopic (exact) mass is 508 g/mol. The summed E-state index contributed by atoms with van der Waals surface area (Å²) >= 11 is 14.7. The number of aromatic nitrogens is 4. The smallest absolute Gasteiger partial charge is 0.278 e. The molecule has 164 valence electrons. The van der Waals surface area contributed by atoms with Gasteiger partial charge in [-0.25, -0.2) is 4.98 Å². The van der Waals surface area contributed by atoms with Crippen LogP contribution in [0.1, 0.15) is 11.1 Å². The zero-order chi connectivity index (χ0) is 22.8. The van der Waals surface area contributed by atoms with Crippen molar-refractivity contribution in [1.29, 1.82) is 0 Å². The molecule has 0 radical (unpaired) electrons. The number of nitrogens with zero attached hydrogens (tertiary/aromatic N) is 4. The second-order valence-corrected chi connectivity index (χ2v) is 10.3. The van der Waals surface area contributed by atoms with Gasteiger partial charge in [0.2, 0.25) is 0 Å². The van der Waals surface area contributed by atoms with Gasteiger partial charge in [-0.15, -0.1) is 0 Å². The highest BCUT2D eigenvalue weighted by atomic mass is 35.5. The third-order valence-electron chi connectivity index (χ3n) is 5.03. The highest BCUT2D eigenvalue weighted by Crippen LogP contribution is 2.28. The van der Waals surface area contributed by atoms with E-state index in [2.05, 4.69) is 4.98 Å². The van der Waals surface area contributed by atoms with Crippen LogP contribution in [0.15, 0.2) is 89.1 Å². The van der Waals surface area contributed by atoms with E-state index in [1.807, 2.05) is 59.2 Å². The van der Waals surface area contributed by atoms with E-state index in [1.54, 1.807) is 29.1 Å². The zero-order valence-electron chi connectivity index (χ0n) is 17.2. The van der Waals surface area contributed by atoms with Crippen molar-refractivity contribution in [3.63, 3.8) is 0 Å². The maximum atomic E-state index is 13.7. The van der Waals surface area contributed by atoms with Crippen molar-refractivity contribution in [2.24, 2.45) is 0 Å². The normalized spacial score (nSPS) is 11.2. The number of halogens is 1. The van der Waals surface area contributed by atoms with Crippen LogP contribution in [-0.4, -0.2) is 19.1 Å². The fraction of sp³-hybridized carbons (Fsp3) is 0.0833. The molecular weight excluding hydrogens is 492 g/mol. The van der Waals surface area contributed by atoms with E-state index >= 15 is 0 Å². The minimum atomic E-state index is -0.151. The summed E-state index contributed by atoms with van der Waals surface area (Å²) in [5.41, 5.74) is 3.32. The van der Waals surface area contributed by atoms with Crippen molar-refractivity contribution in [2.45, 2.75) is 17.5 Å². The Balaban J connectivity index is 1.68. The second-order valence-electron chi connectivity index (χ2n) is 7.25. The average Bonchev–Trinajstić information content (AvgIpc) is 3.14. The van der Waals surface area contributed by atoms with Crippen LogP contribution in [0.2, 0.25) is 5.02 Å². The van der Waals surface area contributed by atoms with Crippen LogP contribution in [0.3, 0.4) is 0 Å². The minimum absolute atomic E-state index is 0.151. The quantitative estimate of drug-likeness (QED) is 0.151. The van der Waals surface area contributed by atoms with Crippen LogP contribution >= 0.6 is 46.9 Å². The molecule has 0 atom stereocenters. The molecule has 0 spiro atoms. The summed E-state index contributed by atoms with van der Waals surface area (Å²) in [4.78, 5) is 22.7. The average molecular weight is 509 g/mol. The number of fused-ring (bicyclic) bond motifs is 1. The third-order valence-corrected chi connectivity index (χ3v) is 7.70. The first kappa shape index (κ1) is 22.0. The van der Waals surface area contributed by atoms with E-state index in [-0.39, 0.29) is 5.56 Å². The molecule has 0 bridgehead atoms. The molecule has 33 heavy (non-hydrogen) atoms. The number of benzene rings is 2. The molecule has 2 aromatic carbocycles. The number of hydrogen-bond acceptors (Lipinski definition) is 6. The largest absolute Gasteiger partial charge is 0.303 e. The molecule has 0 aliphatic heterocycles. The Bertz CT molecular complexity index is 1550. The molecule has 3 aromatic heterocycles. The molecule has 5 nitrogen and oxygen atoms in total. The van der Waals surface area contributed by atoms with Crippen LogP contribution in [0.5, 0.6) is 0 Å². The molecule has 0 aliphatic rings. The second kappa shape index (κ2) is 9.61. The molecular formula is C24H17ClN4OS3. The van der Waals surface area contributed by atoms with Crippen molar-refractivity contribution in [3.05, 3.63) is 110 Å². The number of rotatable bonds is 6. The van der Waals surface area contributed by atoms with Crippen LogP contribution in [0.4, 0.5) is 0 Å². The minimum Gasteiger partial charge on any atom is -0.303 e. The van der Waals surface area contributed by atoms with E-state index in [9.17, 15) is 4.79 Å². The van der Waals surface area contributed by atoms with Gasteiger partial charge in [0.1, 0.15) is 4.70 Å². The summed E-state index contributed by atoms with van der Waals surface area (Å²) < 4.78 is 4.71. The Kier molecular flexibility index (Phi) is 6.41. The van der Waals surface area contributed by atoms with Gasteiger partial charge in [0.05, 0.1) is 12.2 Å². The molecule has 0 saturated heterocycles. The maximum absolute atomic E-state index is 13.7. The Morgan fingerprint density at radius 1 is 1.00 bits per heavy atom. The van der Waals surface area contributed by atoms with Crippen molar-refractivity contribution >= 4 is 57.3 Å². The Morgan fingerprint density at radius 2 is 1.79 bits per heavy atom. The highest BCUT2D eigenvalue weighted by molar-refractivity contribution is 7.98. The first-order valence-electron chi connectivity index (χ1n) is 10.1. The fourth-order valence-electron chi connectivity index (χ4n) is 3.45. The molecule has 0 fully saturated rings. The van der Waals surface area contributed by atoms with E-state index in [0.717, 1.165) is 11.1 Å². The number of thioether (sulfide) groups is 1. The lowest BCUT2D eigenvalue weighted by atomic mass is 10.2. The van der Waals surface area contributed by atoms with Gasteiger partial charge in [0.25, 0.3) is 5.56 Å². The molecule has 0 N–H and O–H groups in total. The van der Waals surface area contributed by atoms with E-state index in [0.29, 0.717) is 42.5 Å². The molecule has 3 heterocycles. The van der Waals surface area contributed by atoms with E-state index in [1.165, 1.54) is 23.1 Å². The molecule has 0 unspecified atom stereocenters. The van der Waals surface area contributed by atoms with Gasteiger partial charge in [-0.1, -0.05) is 71.1 Å². The standard InChI is InChI=1S/C24H17ClN4OS3/c25-18-7-4-8-19(13-18)29-22(30)20-21(27-23(29)32-15-17-9-11-26-12-10-17)28(24(31)33-20)14-16-5-2-1-3-6-16/h1-13H,14-15H2. The Labute approximate surface area is 208 Å². The van der Waals surface area contributed by atoms with Gasteiger partial charge < -0.3 is 4.57 Å². The predicted octanol–water partition coefficient (Wildman–Crippen LogP) is 6.37. The van der Waals surface area contributed by atoms with E-state index < -0.39 is 0 Å². The molecule has 5 rings (SSSR count). The van der Waals surface area contributed by atoms with Gasteiger partial charge in [0.15, 0.2) is 14.8 Å². The molecule has 0 aliphatic carbocycles. The summed E-state index contributed by atoms with van der Waals surface area (Å²) in [5.74, 6) is 0.643. The maximum Gasteiger partial charge on any atom is 0.278 e. The topological polar surface area (TPSA) is 52.7 Å². The van der Waals surface area contributed by atoms with Crippen LogP contribution in [0, 0.1) is 3.95 Å². The van der Waals surface area contributed by atoms with Crippen LogP contribution in [-0.2, 0) is 12.3 Å². The molecule has 5 aromatic rings. The lowest BCUT2D eigenvalue weighted by Gasteiger charge is -2.13. The predicted molar refractivity (Wildman–Crippen MR) is 138 cm³/mol. The summed E-state index contributed by atoms with van der Waals surface area (Å²) in [5, 5.41) is 1.14. The highest BCUT2D eigenvalue weighted by Gasteiger charge is 2.19. The van der Waals surface area contributed by atoms with Gasteiger partial charge >= 0.3 is 0 Å². The van der Waals surface area contributed by atoms with Gasteiger partial charge in [-0.05, 0) is 53.7 Å². The molecule has 0 saturated carbocycles. The number of thiazole rings is 1. The Morgan fingerprint density at radius 3 is 2.55 bits per heavy atom. The van der Waals surface area contributed by atoms with Crippen molar-refractivity contribution in [1.82, 2.24) is 19.1 Å². The number of hydrogen-bond donors (Lipinski definition) is 0. The summed E-state index contributed by atoms with van der Waals surface area (Å²) in [6.45, 7) is 0.557.